The minimum absolute atomic E-state index is 0.109. The summed E-state index contributed by atoms with van der Waals surface area (Å²) in [6.45, 7) is 5.04. The number of carbonyl (C=O) groups is 4. The van der Waals surface area contributed by atoms with Crippen molar-refractivity contribution in [2.75, 3.05) is 39.6 Å². The van der Waals surface area contributed by atoms with Crippen molar-refractivity contribution in [3.8, 4) is 0 Å². The monoisotopic (exact) mass is 1470 g/mol. The first-order valence-electron chi connectivity index (χ1n) is 42.3. The number of phosphoric acid groups is 2. The van der Waals surface area contributed by atoms with Gasteiger partial charge in [-0.3, -0.25) is 37.3 Å². The van der Waals surface area contributed by atoms with Crippen molar-refractivity contribution in [1.29, 1.82) is 0 Å². The Morgan fingerprint density at radius 1 is 0.240 bits per heavy atom. The number of aliphatic hydroxyl groups is 1. The zero-order valence-electron chi connectivity index (χ0n) is 65.2. The summed E-state index contributed by atoms with van der Waals surface area (Å²) in [5.41, 5.74) is 0. The van der Waals surface area contributed by atoms with E-state index in [1.54, 1.807) is 0 Å². The van der Waals surface area contributed by atoms with Crippen molar-refractivity contribution in [3.63, 3.8) is 0 Å². The largest absolute Gasteiger partial charge is 0.472 e. The molecule has 0 saturated heterocycles. The fourth-order valence-electron chi connectivity index (χ4n) is 12.6. The van der Waals surface area contributed by atoms with Crippen LogP contribution in [0.1, 0.15) is 439 Å². The summed E-state index contributed by atoms with van der Waals surface area (Å²) in [5.74, 6) is -2.10. The van der Waals surface area contributed by atoms with Crippen molar-refractivity contribution in [3.05, 3.63) is 0 Å². The standard InChI is InChI=1S/C81H158O17P2/c1-5-9-13-17-21-25-29-33-35-37-39-43-46-50-54-58-62-66-79(84)92-72-77(98-81(86)68-64-60-56-52-48-44-40-38-36-34-30-26-22-18-14-10-6-2)74-96-100(89,90)94-70-75(82)69-93-99(87,88)95-73-76(97-80(85)67-63-59-55-51-47-42-32-28-24-20-16-12-8-4)71-91-78(83)65-61-57-53-49-45-41-31-27-23-19-15-11-7-3/h75-77,82H,5-74H2,1-4H3,(H,87,88)(H,89,90)/t75?,76-,77-/m1/s1. The first-order chi connectivity index (χ1) is 48.7. The summed E-state index contributed by atoms with van der Waals surface area (Å²) in [4.78, 5) is 73.1. The van der Waals surface area contributed by atoms with E-state index in [1.807, 2.05) is 0 Å². The van der Waals surface area contributed by atoms with Gasteiger partial charge in [-0.15, -0.1) is 0 Å². The average molecular weight is 1470 g/mol. The second kappa shape index (κ2) is 75.3. The van der Waals surface area contributed by atoms with Crippen LogP contribution in [0.2, 0.25) is 0 Å². The molecule has 5 atom stereocenters. The van der Waals surface area contributed by atoms with Crippen LogP contribution in [0.25, 0.3) is 0 Å². The third-order valence-corrected chi connectivity index (χ3v) is 21.0. The molecule has 0 spiro atoms. The van der Waals surface area contributed by atoms with Gasteiger partial charge in [0.25, 0.3) is 0 Å². The van der Waals surface area contributed by atoms with E-state index in [-0.39, 0.29) is 25.7 Å². The molecule has 0 amide bonds. The lowest BCUT2D eigenvalue weighted by atomic mass is 10.0. The number of hydrogen-bond acceptors (Lipinski definition) is 15. The molecular weight excluding hydrogens is 1310 g/mol. The number of ether oxygens (including phenoxy) is 4. The van der Waals surface area contributed by atoms with Gasteiger partial charge < -0.3 is 33.8 Å². The molecule has 3 unspecified atom stereocenters. The van der Waals surface area contributed by atoms with E-state index < -0.39 is 97.5 Å². The quantitative estimate of drug-likeness (QED) is 0.0222. The molecular formula is C81H158O17P2. The van der Waals surface area contributed by atoms with Gasteiger partial charge in [0.15, 0.2) is 12.2 Å². The van der Waals surface area contributed by atoms with Crippen LogP contribution in [0, 0.1) is 0 Å². The Labute approximate surface area is 613 Å². The SMILES string of the molecule is CCCCCCCCCCCCCCCCCCCC(=O)OC[C@H](COP(=O)(O)OCC(O)COP(=O)(O)OC[C@@H](COC(=O)CCCCCCCCCCCCCCC)OC(=O)CCCCCCCCCCCCCCC)OC(=O)CCCCCCCCCCCCCCCCCCC. The van der Waals surface area contributed by atoms with Crippen LogP contribution in [-0.2, 0) is 65.4 Å². The maximum Gasteiger partial charge on any atom is 0.472 e. The second-order valence-electron chi connectivity index (χ2n) is 29.2. The number of phosphoric ester groups is 2. The predicted molar refractivity (Wildman–Crippen MR) is 409 cm³/mol. The van der Waals surface area contributed by atoms with Gasteiger partial charge >= 0.3 is 39.5 Å². The molecule has 0 aliphatic carbocycles. The van der Waals surface area contributed by atoms with Gasteiger partial charge in [0, 0.05) is 25.7 Å². The summed E-state index contributed by atoms with van der Waals surface area (Å²) in [6, 6.07) is 0. The predicted octanol–water partition coefficient (Wildman–Crippen LogP) is 24.6. The third-order valence-electron chi connectivity index (χ3n) is 19.1. The van der Waals surface area contributed by atoms with Gasteiger partial charge in [-0.05, 0) is 25.7 Å². The third kappa shape index (κ3) is 74.3. The Morgan fingerprint density at radius 2 is 0.400 bits per heavy atom. The van der Waals surface area contributed by atoms with Crippen molar-refractivity contribution in [1.82, 2.24) is 0 Å². The average Bonchev–Trinajstić information content (AvgIpc) is 1.15. The molecule has 0 aromatic rings. The summed E-state index contributed by atoms with van der Waals surface area (Å²) in [6.07, 6.45) is 67.8. The zero-order chi connectivity index (χ0) is 73.2. The second-order valence-corrected chi connectivity index (χ2v) is 32.1. The molecule has 0 fully saturated rings. The maximum absolute atomic E-state index is 13.1. The van der Waals surface area contributed by atoms with E-state index in [2.05, 4.69) is 27.7 Å². The molecule has 0 rings (SSSR count). The Kier molecular flexibility index (Phi) is 73.8. The van der Waals surface area contributed by atoms with Crippen molar-refractivity contribution < 1.29 is 80.2 Å². The lowest BCUT2D eigenvalue weighted by Gasteiger charge is -2.21. The molecule has 0 aliphatic rings. The van der Waals surface area contributed by atoms with E-state index in [0.717, 1.165) is 89.9 Å². The molecule has 0 radical (unpaired) electrons. The van der Waals surface area contributed by atoms with Gasteiger partial charge in [-0.2, -0.15) is 0 Å². The molecule has 100 heavy (non-hydrogen) atoms. The molecule has 0 heterocycles. The molecule has 17 nitrogen and oxygen atoms in total. The van der Waals surface area contributed by atoms with Crippen LogP contribution in [-0.4, -0.2) is 96.7 Å². The van der Waals surface area contributed by atoms with Gasteiger partial charge in [-0.25, -0.2) is 9.13 Å². The van der Waals surface area contributed by atoms with Crippen LogP contribution < -0.4 is 0 Å². The number of unbranched alkanes of at least 4 members (excludes halogenated alkanes) is 56. The molecule has 0 aliphatic heterocycles. The highest BCUT2D eigenvalue weighted by atomic mass is 31.2. The van der Waals surface area contributed by atoms with E-state index >= 15 is 0 Å². The van der Waals surface area contributed by atoms with E-state index in [0.29, 0.717) is 25.7 Å². The lowest BCUT2D eigenvalue weighted by Crippen LogP contribution is -2.30. The van der Waals surface area contributed by atoms with Crippen molar-refractivity contribution >= 4 is 39.5 Å². The van der Waals surface area contributed by atoms with Gasteiger partial charge in [0.1, 0.15) is 19.3 Å². The van der Waals surface area contributed by atoms with Crippen LogP contribution in [0.5, 0.6) is 0 Å². The van der Waals surface area contributed by atoms with Crippen LogP contribution >= 0.6 is 15.6 Å². The van der Waals surface area contributed by atoms with Crippen molar-refractivity contribution in [2.24, 2.45) is 0 Å². The first-order valence-corrected chi connectivity index (χ1v) is 45.3. The summed E-state index contributed by atoms with van der Waals surface area (Å²) in [7, 11) is -9.92. The highest BCUT2D eigenvalue weighted by Gasteiger charge is 2.30. The fourth-order valence-corrected chi connectivity index (χ4v) is 14.2. The molecule has 3 N–H and O–H groups in total. The number of aliphatic hydroxyl groups excluding tert-OH is 1. The lowest BCUT2D eigenvalue weighted by molar-refractivity contribution is -0.161. The minimum atomic E-state index is -4.96. The van der Waals surface area contributed by atoms with Crippen LogP contribution in [0.4, 0.5) is 0 Å². The zero-order valence-corrected chi connectivity index (χ0v) is 67.0. The molecule has 0 aromatic carbocycles. The van der Waals surface area contributed by atoms with E-state index in [4.69, 9.17) is 37.0 Å². The molecule has 0 aromatic heterocycles. The Hall–Kier alpha value is -1.94. The number of carbonyl (C=O) groups excluding carboxylic acids is 4. The minimum Gasteiger partial charge on any atom is -0.462 e. The van der Waals surface area contributed by atoms with Gasteiger partial charge in [0.2, 0.25) is 0 Å². The van der Waals surface area contributed by atoms with E-state index in [9.17, 15) is 43.2 Å². The van der Waals surface area contributed by atoms with Gasteiger partial charge in [-0.1, -0.05) is 387 Å². The van der Waals surface area contributed by atoms with Crippen LogP contribution in [0.15, 0.2) is 0 Å². The van der Waals surface area contributed by atoms with E-state index in [1.165, 1.54) is 270 Å². The Bertz CT molecular complexity index is 1890. The van der Waals surface area contributed by atoms with Gasteiger partial charge in [0.05, 0.1) is 26.4 Å². The highest BCUT2D eigenvalue weighted by Crippen LogP contribution is 2.45. The highest BCUT2D eigenvalue weighted by molar-refractivity contribution is 7.47. The van der Waals surface area contributed by atoms with Crippen LogP contribution in [0.3, 0.4) is 0 Å². The normalized spacial score (nSPS) is 13.8. The molecule has 594 valence electrons. The first kappa shape index (κ1) is 98.1. The Morgan fingerprint density at radius 3 is 0.590 bits per heavy atom. The summed E-state index contributed by atoms with van der Waals surface area (Å²) < 4.78 is 68.8. The fraction of sp³-hybridized carbons (Fsp3) is 0.951. The number of hydrogen-bond donors (Lipinski definition) is 3. The maximum atomic E-state index is 13.1. The summed E-state index contributed by atoms with van der Waals surface area (Å²) in [5, 5.41) is 10.6. The molecule has 0 bridgehead atoms. The topological polar surface area (TPSA) is 237 Å². The van der Waals surface area contributed by atoms with Crippen molar-refractivity contribution in [2.45, 2.75) is 457 Å². The summed E-state index contributed by atoms with van der Waals surface area (Å²) >= 11 is 0. The molecule has 0 saturated carbocycles. The number of esters is 4. The number of rotatable bonds is 82. The Balaban J connectivity index is 5.25. The molecule has 19 heteroatoms. The smallest absolute Gasteiger partial charge is 0.462 e.